The molecule has 1 rings (SSSR count). The lowest BCUT2D eigenvalue weighted by molar-refractivity contribution is -0.269. The highest BCUT2D eigenvalue weighted by molar-refractivity contribution is 5.18. The maximum absolute atomic E-state index is 8.59. The molecule has 1 N–H and O–H groups in total. The van der Waals surface area contributed by atoms with E-state index in [0.29, 0.717) is 6.61 Å². The first kappa shape index (κ1) is 10.4. The monoisotopic (exact) mass is 184 g/mol. The van der Waals surface area contributed by atoms with Crippen molar-refractivity contribution in [3.63, 3.8) is 0 Å². The molecule has 13 heavy (non-hydrogen) atoms. The van der Waals surface area contributed by atoms with Gasteiger partial charge in [0, 0.05) is 13.5 Å². The lowest BCUT2D eigenvalue weighted by atomic mass is 9.89. The van der Waals surface area contributed by atoms with Gasteiger partial charge in [0.05, 0.1) is 6.61 Å². The summed E-state index contributed by atoms with van der Waals surface area (Å²) in [7, 11) is 1.67. The Morgan fingerprint density at radius 2 is 2.38 bits per heavy atom. The van der Waals surface area contributed by atoms with Gasteiger partial charge in [0.1, 0.15) is 6.10 Å². The molecule has 0 radical (unpaired) electrons. The molecule has 0 bridgehead atoms. The van der Waals surface area contributed by atoms with Gasteiger partial charge in [-0.05, 0) is 18.4 Å². The lowest BCUT2D eigenvalue weighted by Gasteiger charge is -2.23. The maximum Gasteiger partial charge on any atom is 0.117 e. The summed E-state index contributed by atoms with van der Waals surface area (Å²) in [6, 6.07) is 0. The van der Waals surface area contributed by atoms with Gasteiger partial charge in [-0.3, -0.25) is 5.26 Å². The molecular formula is C10H16O3. The van der Waals surface area contributed by atoms with Crippen molar-refractivity contribution in [2.75, 3.05) is 13.7 Å². The molecule has 1 atom stereocenters. The molecule has 0 aromatic rings. The number of hydrogen-bond acceptors (Lipinski definition) is 3. The Bertz CT molecular complexity index is 208. The largest absolute Gasteiger partial charge is 0.381 e. The van der Waals surface area contributed by atoms with Gasteiger partial charge < -0.3 is 4.74 Å². The molecule has 1 aliphatic rings. The second-order valence-corrected chi connectivity index (χ2v) is 3.27. The van der Waals surface area contributed by atoms with Crippen LogP contribution < -0.4 is 0 Å². The minimum atomic E-state index is -0.225. The standard InChI is InChI=1S/C10H16O3/c1-8-3-4-9(5-6-12-2)7-10(8)13-11/h5,10-11H,1,3-4,6-7H2,2H3. The summed E-state index contributed by atoms with van der Waals surface area (Å²) in [5.74, 6) is 0. The molecule has 0 aromatic heterocycles. The second kappa shape index (κ2) is 5.17. The highest BCUT2D eigenvalue weighted by atomic mass is 17.1. The average Bonchev–Trinajstić information content (AvgIpc) is 2.16. The highest BCUT2D eigenvalue weighted by Crippen LogP contribution is 2.28. The summed E-state index contributed by atoms with van der Waals surface area (Å²) in [6.07, 6.45) is 4.44. The van der Waals surface area contributed by atoms with E-state index < -0.39 is 0 Å². The van der Waals surface area contributed by atoms with Crippen LogP contribution in [0.15, 0.2) is 23.8 Å². The molecule has 0 saturated heterocycles. The summed E-state index contributed by atoms with van der Waals surface area (Å²) in [4.78, 5) is 4.33. The molecular weight excluding hydrogens is 168 g/mol. The van der Waals surface area contributed by atoms with Crippen molar-refractivity contribution in [2.24, 2.45) is 0 Å². The summed E-state index contributed by atoms with van der Waals surface area (Å²) in [5, 5.41) is 8.59. The molecule has 3 heteroatoms. The summed E-state index contributed by atoms with van der Waals surface area (Å²) in [5.41, 5.74) is 2.24. The van der Waals surface area contributed by atoms with E-state index in [2.05, 4.69) is 11.5 Å². The van der Waals surface area contributed by atoms with E-state index >= 15 is 0 Å². The van der Waals surface area contributed by atoms with E-state index in [4.69, 9.17) is 9.99 Å². The maximum atomic E-state index is 8.59. The molecule has 0 aliphatic heterocycles. The molecule has 3 nitrogen and oxygen atoms in total. The third-order valence-electron chi connectivity index (χ3n) is 2.34. The van der Waals surface area contributed by atoms with E-state index in [9.17, 15) is 0 Å². The topological polar surface area (TPSA) is 38.7 Å². The number of hydrogen-bond donors (Lipinski definition) is 1. The molecule has 0 spiro atoms. The van der Waals surface area contributed by atoms with E-state index in [-0.39, 0.29) is 6.10 Å². The van der Waals surface area contributed by atoms with Crippen LogP contribution in [0.25, 0.3) is 0 Å². The Morgan fingerprint density at radius 3 is 3.00 bits per heavy atom. The van der Waals surface area contributed by atoms with Crippen LogP contribution in [0.5, 0.6) is 0 Å². The number of rotatable bonds is 3. The molecule has 0 amide bonds. The van der Waals surface area contributed by atoms with Crippen molar-refractivity contribution in [3.05, 3.63) is 23.8 Å². The van der Waals surface area contributed by atoms with Crippen molar-refractivity contribution in [3.8, 4) is 0 Å². The Morgan fingerprint density at radius 1 is 1.62 bits per heavy atom. The Labute approximate surface area is 78.6 Å². The van der Waals surface area contributed by atoms with Gasteiger partial charge in [-0.1, -0.05) is 18.2 Å². The minimum absolute atomic E-state index is 0.225. The van der Waals surface area contributed by atoms with Crippen molar-refractivity contribution in [2.45, 2.75) is 25.4 Å². The van der Waals surface area contributed by atoms with Crippen LogP contribution in [0.4, 0.5) is 0 Å². The van der Waals surface area contributed by atoms with Crippen molar-refractivity contribution >= 4 is 0 Å². The Hall–Kier alpha value is -0.640. The molecule has 74 valence electrons. The van der Waals surface area contributed by atoms with Crippen LogP contribution >= 0.6 is 0 Å². The third kappa shape index (κ3) is 2.95. The zero-order valence-corrected chi connectivity index (χ0v) is 7.95. The van der Waals surface area contributed by atoms with Crippen molar-refractivity contribution in [1.29, 1.82) is 0 Å². The van der Waals surface area contributed by atoms with Crippen LogP contribution in [0.2, 0.25) is 0 Å². The SMILES string of the molecule is C=C1CCC(=CCOC)CC1OO. The number of methoxy groups -OCH3 is 1. The first-order chi connectivity index (χ1) is 6.27. The molecule has 0 aromatic carbocycles. The van der Waals surface area contributed by atoms with Crippen LogP contribution in [-0.4, -0.2) is 25.1 Å². The van der Waals surface area contributed by atoms with Crippen molar-refractivity contribution < 1.29 is 14.9 Å². The Balaban J connectivity index is 2.49. The van der Waals surface area contributed by atoms with Crippen LogP contribution in [0.1, 0.15) is 19.3 Å². The van der Waals surface area contributed by atoms with E-state index in [1.807, 2.05) is 6.08 Å². The van der Waals surface area contributed by atoms with Crippen LogP contribution in [0.3, 0.4) is 0 Å². The number of ether oxygens (including phenoxy) is 1. The minimum Gasteiger partial charge on any atom is -0.381 e. The zero-order chi connectivity index (χ0) is 9.68. The van der Waals surface area contributed by atoms with Gasteiger partial charge in [0.25, 0.3) is 0 Å². The average molecular weight is 184 g/mol. The van der Waals surface area contributed by atoms with Gasteiger partial charge in [-0.25, -0.2) is 4.89 Å². The van der Waals surface area contributed by atoms with Crippen LogP contribution in [0, 0.1) is 0 Å². The summed E-state index contributed by atoms with van der Waals surface area (Å²) < 4.78 is 4.94. The van der Waals surface area contributed by atoms with Crippen LogP contribution in [-0.2, 0) is 9.62 Å². The van der Waals surface area contributed by atoms with Gasteiger partial charge in [0.15, 0.2) is 0 Å². The molecule has 1 saturated carbocycles. The Kier molecular flexibility index (Phi) is 4.15. The predicted octanol–water partition coefficient (Wildman–Crippen LogP) is 2.16. The predicted molar refractivity (Wildman–Crippen MR) is 50.5 cm³/mol. The molecule has 1 unspecified atom stereocenters. The van der Waals surface area contributed by atoms with Gasteiger partial charge >= 0.3 is 0 Å². The highest BCUT2D eigenvalue weighted by Gasteiger charge is 2.20. The fraction of sp³-hybridized carbons (Fsp3) is 0.600. The van der Waals surface area contributed by atoms with E-state index in [0.717, 1.165) is 24.8 Å². The quantitative estimate of drug-likeness (QED) is 0.415. The normalized spacial score (nSPS) is 26.8. The first-order valence-electron chi connectivity index (χ1n) is 4.42. The fourth-order valence-electron chi connectivity index (χ4n) is 1.47. The third-order valence-corrected chi connectivity index (χ3v) is 2.34. The van der Waals surface area contributed by atoms with Gasteiger partial charge in [0.2, 0.25) is 0 Å². The summed E-state index contributed by atoms with van der Waals surface area (Å²) in [6.45, 7) is 4.46. The molecule has 0 heterocycles. The molecule has 1 fully saturated rings. The molecule has 1 aliphatic carbocycles. The van der Waals surface area contributed by atoms with Gasteiger partial charge in [-0.15, -0.1) is 0 Å². The van der Waals surface area contributed by atoms with E-state index in [1.165, 1.54) is 5.57 Å². The summed E-state index contributed by atoms with van der Waals surface area (Å²) >= 11 is 0. The van der Waals surface area contributed by atoms with Crippen molar-refractivity contribution in [1.82, 2.24) is 0 Å². The lowest BCUT2D eigenvalue weighted by Crippen LogP contribution is -2.19. The van der Waals surface area contributed by atoms with Gasteiger partial charge in [-0.2, -0.15) is 0 Å². The second-order valence-electron chi connectivity index (χ2n) is 3.27. The first-order valence-corrected chi connectivity index (χ1v) is 4.42. The zero-order valence-electron chi connectivity index (χ0n) is 7.95. The smallest absolute Gasteiger partial charge is 0.117 e. The fourth-order valence-corrected chi connectivity index (χ4v) is 1.47. The van der Waals surface area contributed by atoms with E-state index in [1.54, 1.807) is 7.11 Å².